The lowest BCUT2D eigenvalue weighted by atomic mass is 10.2. The van der Waals surface area contributed by atoms with E-state index < -0.39 is 0 Å². The first-order valence-corrected chi connectivity index (χ1v) is 5.65. The van der Waals surface area contributed by atoms with Gasteiger partial charge >= 0.3 is 0 Å². The van der Waals surface area contributed by atoms with Gasteiger partial charge in [0.1, 0.15) is 0 Å². The molecule has 0 saturated heterocycles. The smallest absolute Gasteiger partial charge is 0.156 e. The van der Waals surface area contributed by atoms with Crippen molar-refractivity contribution < 1.29 is 4.52 Å². The predicted octanol–water partition coefficient (Wildman–Crippen LogP) is 2.94. The van der Waals surface area contributed by atoms with Crippen LogP contribution in [0.15, 0.2) is 33.3 Å². The van der Waals surface area contributed by atoms with Crippen LogP contribution in [0.25, 0.3) is 0 Å². The Morgan fingerprint density at radius 1 is 1.44 bits per heavy atom. The van der Waals surface area contributed by atoms with Gasteiger partial charge in [-0.15, -0.1) is 0 Å². The van der Waals surface area contributed by atoms with E-state index in [1.54, 1.807) is 0 Å². The predicted molar refractivity (Wildman–Crippen MR) is 67.1 cm³/mol. The van der Waals surface area contributed by atoms with Gasteiger partial charge in [-0.2, -0.15) is 0 Å². The number of nitrogens with two attached hydrogens (primary N) is 1. The molecule has 0 fully saturated rings. The molecule has 16 heavy (non-hydrogen) atoms. The van der Waals surface area contributed by atoms with E-state index in [1.165, 1.54) is 0 Å². The van der Waals surface area contributed by atoms with Crippen LogP contribution in [0.1, 0.15) is 11.5 Å². The molecule has 0 bridgehead atoms. The third-order valence-corrected chi connectivity index (χ3v) is 2.64. The van der Waals surface area contributed by atoms with E-state index in [0.717, 1.165) is 21.6 Å². The van der Waals surface area contributed by atoms with Gasteiger partial charge in [-0.05, 0) is 25.1 Å². The summed E-state index contributed by atoms with van der Waals surface area (Å²) in [5, 5.41) is 7.01. The Morgan fingerprint density at radius 2 is 2.25 bits per heavy atom. The Bertz CT molecular complexity index is 496. The minimum atomic E-state index is 0.571. The average Bonchev–Trinajstić information content (AvgIpc) is 2.66. The molecule has 1 aromatic heterocycles. The van der Waals surface area contributed by atoms with Crippen molar-refractivity contribution in [2.75, 3.05) is 11.1 Å². The van der Waals surface area contributed by atoms with E-state index in [0.29, 0.717) is 12.2 Å². The number of rotatable bonds is 3. The first-order chi connectivity index (χ1) is 7.65. The molecule has 0 atom stereocenters. The van der Waals surface area contributed by atoms with Gasteiger partial charge in [0.2, 0.25) is 0 Å². The maximum absolute atomic E-state index is 5.83. The van der Waals surface area contributed by atoms with Crippen LogP contribution in [0.4, 0.5) is 11.4 Å². The molecule has 0 aliphatic heterocycles. The average molecular weight is 282 g/mol. The molecule has 0 amide bonds. The second kappa shape index (κ2) is 4.57. The van der Waals surface area contributed by atoms with Crippen LogP contribution < -0.4 is 11.1 Å². The third kappa shape index (κ3) is 2.55. The van der Waals surface area contributed by atoms with E-state index in [1.807, 2.05) is 31.2 Å². The number of benzene rings is 1. The van der Waals surface area contributed by atoms with Gasteiger partial charge in [-0.1, -0.05) is 21.1 Å². The first-order valence-electron chi connectivity index (χ1n) is 4.86. The lowest BCUT2D eigenvalue weighted by Crippen LogP contribution is -2.01. The van der Waals surface area contributed by atoms with Gasteiger partial charge in [0.05, 0.1) is 23.6 Å². The highest BCUT2D eigenvalue weighted by Crippen LogP contribution is 2.23. The number of nitrogen functional groups attached to an aromatic ring is 1. The van der Waals surface area contributed by atoms with Gasteiger partial charge in [-0.3, -0.25) is 0 Å². The summed E-state index contributed by atoms with van der Waals surface area (Å²) >= 11 is 3.40. The van der Waals surface area contributed by atoms with Crippen molar-refractivity contribution in [2.24, 2.45) is 0 Å². The van der Waals surface area contributed by atoms with Gasteiger partial charge in [0, 0.05) is 10.5 Å². The maximum atomic E-state index is 5.83. The zero-order valence-electron chi connectivity index (χ0n) is 8.83. The standard InChI is InChI=1S/C11H12BrN3O/c1-7-4-9(16-15-7)6-14-11-5-8(12)2-3-10(11)13/h2-5,14H,6,13H2,1H3. The number of aromatic nitrogens is 1. The highest BCUT2D eigenvalue weighted by atomic mass is 79.9. The van der Waals surface area contributed by atoms with Crippen molar-refractivity contribution in [3.05, 3.63) is 40.2 Å². The van der Waals surface area contributed by atoms with E-state index >= 15 is 0 Å². The number of nitrogens with zero attached hydrogens (tertiary/aromatic N) is 1. The third-order valence-electron chi connectivity index (χ3n) is 2.15. The molecule has 0 aliphatic rings. The van der Waals surface area contributed by atoms with Crippen molar-refractivity contribution in [3.8, 4) is 0 Å². The molecule has 2 rings (SSSR count). The molecule has 1 heterocycles. The van der Waals surface area contributed by atoms with Crippen LogP contribution in [0.3, 0.4) is 0 Å². The number of hydrogen-bond acceptors (Lipinski definition) is 4. The summed E-state index contributed by atoms with van der Waals surface area (Å²) in [6.07, 6.45) is 0. The lowest BCUT2D eigenvalue weighted by molar-refractivity contribution is 0.384. The molecule has 0 unspecified atom stereocenters. The molecule has 0 radical (unpaired) electrons. The molecule has 2 aromatic rings. The monoisotopic (exact) mass is 281 g/mol. The van der Waals surface area contributed by atoms with Crippen molar-refractivity contribution >= 4 is 27.3 Å². The molecule has 84 valence electrons. The molecular formula is C11H12BrN3O. The second-order valence-corrected chi connectivity index (χ2v) is 4.44. The van der Waals surface area contributed by atoms with Crippen LogP contribution in [0, 0.1) is 6.92 Å². The van der Waals surface area contributed by atoms with Gasteiger partial charge < -0.3 is 15.6 Å². The Hall–Kier alpha value is -1.49. The van der Waals surface area contributed by atoms with Crippen molar-refractivity contribution in [2.45, 2.75) is 13.5 Å². The van der Waals surface area contributed by atoms with Gasteiger partial charge in [0.25, 0.3) is 0 Å². The first kappa shape index (κ1) is 11.0. The topological polar surface area (TPSA) is 64.1 Å². The number of halogens is 1. The van der Waals surface area contributed by atoms with Gasteiger partial charge in [-0.25, -0.2) is 0 Å². The Morgan fingerprint density at radius 3 is 2.94 bits per heavy atom. The quantitative estimate of drug-likeness (QED) is 0.849. The van der Waals surface area contributed by atoms with Crippen LogP contribution in [0.5, 0.6) is 0 Å². The van der Waals surface area contributed by atoms with Crippen molar-refractivity contribution in [3.63, 3.8) is 0 Å². The van der Waals surface area contributed by atoms with E-state index in [-0.39, 0.29) is 0 Å². The molecule has 1 aromatic carbocycles. The number of nitrogens with one attached hydrogen (secondary N) is 1. The SMILES string of the molecule is Cc1cc(CNc2cc(Br)ccc2N)on1. The molecule has 0 aliphatic carbocycles. The molecule has 0 saturated carbocycles. The Balaban J connectivity index is 2.07. The summed E-state index contributed by atoms with van der Waals surface area (Å²) in [6.45, 7) is 2.46. The maximum Gasteiger partial charge on any atom is 0.156 e. The zero-order valence-corrected chi connectivity index (χ0v) is 10.4. The molecule has 0 spiro atoms. The lowest BCUT2D eigenvalue weighted by Gasteiger charge is -2.07. The second-order valence-electron chi connectivity index (χ2n) is 3.52. The summed E-state index contributed by atoms with van der Waals surface area (Å²) in [5.41, 5.74) is 8.29. The van der Waals surface area contributed by atoms with Crippen molar-refractivity contribution in [1.29, 1.82) is 0 Å². The number of hydrogen-bond donors (Lipinski definition) is 2. The minimum Gasteiger partial charge on any atom is -0.397 e. The summed E-state index contributed by atoms with van der Waals surface area (Å²) < 4.78 is 6.08. The summed E-state index contributed by atoms with van der Waals surface area (Å²) in [4.78, 5) is 0. The largest absolute Gasteiger partial charge is 0.397 e. The fourth-order valence-corrected chi connectivity index (χ4v) is 1.72. The minimum absolute atomic E-state index is 0.571. The summed E-state index contributed by atoms with van der Waals surface area (Å²) in [6, 6.07) is 7.57. The highest BCUT2D eigenvalue weighted by molar-refractivity contribution is 9.10. The molecule has 4 nitrogen and oxygen atoms in total. The van der Waals surface area contributed by atoms with Crippen LogP contribution in [-0.2, 0) is 6.54 Å². The molecule has 5 heteroatoms. The Labute approximate surface area is 102 Å². The fraction of sp³-hybridized carbons (Fsp3) is 0.182. The van der Waals surface area contributed by atoms with Crippen LogP contribution in [0.2, 0.25) is 0 Å². The molecular weight excluding hydrogens is 270 g/mol. The van der Waals surface area contributed by atoms with Crippen molar-refractivity contribution in [1.82, 2.24) is 5.16 Å². The summed E-state index contributed by atoms with van der Waals surface area (Å²) in [7, 11) is 0. The van der Waals surface area contributed by atoms with E-state index in [4.69, 9.17) is 10.3 Å². The normalized spacial score (nSPS) is 10.4. The fourth-order valence-electron chi connectivity index (χ4n) is 1.36. The van der Waals surface area contributed by atoms with Crippen LogP contribution in [-0.4, -0.2) is 5.16 Å². The van der Waals surface area contributed by atoms with E-state index in [9.17, 15) is 0 Å². The van der Waals surface area contributed by atoms with E-state index in [2.05, 4.69) is 26.4 Å². The zero-order chi connectivity index (χ0) is 11.5. The van der Waals surface area contributed by atoms with Gasteiger partial charge in [0.15, 0.2) is 5.76 Å². The molecule has 3 N–H and O–H groups in total. The highest BCUT2D eigenvalue weighted by Gasteiger charge is 2.03. The number of anilines is 2. The summed E-state index contributed by atoms with van der Waals surface area (Å²) in [5.74, 6) is 0.789. The Kier molecular flexibility index (Phi) is 3.14. The number of aryl methyl sites for hydroxylation is 1. The van der Waals surface area contributed by atoms with Crippen LogP contribution >= 0.6 is 15.9 Å².